The predicted octanol–water partition coefficient (Wildman–Crippen LogP) is 6.15. The van der Waals surface area contributed by atoms with E-state index in [9.17, 15) is 14.4 Å². The average Bonchev–Trinajstić information content (AvgIpc) is 3.62. The first kappa shape index (κ1) is 27.4. The Morgan fingerprint density at radius 3 is 2.25 bits per heavy atom. The van der Waals surface area contributed by atoms with Crippen molar-refractivity contribution in [3.05, 3.63) is 107 Å². The molecule has 0 bridgehead atoms. The minimum absolute atomic E-state index is 0.0131. The maximum Gasteiger partial charge on any atom is 0.411 e. The molecule has 2 aliphatic rings. The van der Waals surface area contributed by atoms with Crippen LogP contribution in [-0.2, 0) is 27.4 Å². The molecule has 1 heterocycles. The van der Waals surface area contributed by atoms with Crippen molar-refractivity contribution < 1.29 is 23.9 Å². The van der Waals surface area contributed by atoms with E-state index in [1.807, 2.05) is 73.7 Å². The van der Waals surface area contributed by atoms with Crippen LogP contribution >= 0.6 is 0 Å². The Hall–Kier alpha value is -4.13. The fourth-order valence-electron chi connectivity index (χ4n) is 5.93. The summed E-state index contributed by atoms with van der Waals surface area (Å²) in [6.07, 6.45) is 3.74. The first-order valence-corrected chi connectivity index (χ1v) is 14.0. The Labute approximate surface area is 235 Å². The van der Waals surface area contributed by atoms with Gasteiger partial charge in [0.05, 0.1) is 24.6 Å². The van der Waals surface area contributed by atoms with Gasteiger partial charge in [0.15, 0.2) is 0 Å². The summed E-state index contributed by atoms with van der Waals surface area (Å²) in [5.41, 5.74) is 4.38. The molecule has 1 aliphatic heterocycles. The second-order valence-electron chi connectivity index (χ2n) is 10.8. The zero-order valence-corrected chi connectivity index (χ0v) is 23.0. The number of esters is 1. The highest BCUT2D eigenvalue weighted by Gasteiger charge is 2.39. The van der Waals surface area contributed by atoms with Crippen molar-refractivity contribution in [2.45, 2.75) is 63.8 Å². The van der Waals surface area contributed by atoms with Crippen LogP contribution in [0.2, 0.25) is 0 Å². The van der Waals surface area contributed by atoms with Gasteiger partial charge in [0.25, 0.3) is 0 Å². The third-order valence-electron chi connectivity index (χ3n) is 8.21. The van der Waals surface area contributed by atoms with E-state index in [-0.39, 0.29) is 36.0 Å². The molecule has 1 saturated carbocycles. The fraction of sp³-hybridized carbons (Fsp3) is 0.364. The van der Waals surface area contributed by atoms with Gasteiger partial charge in [0, 0.05) is 13.1 Å². The second kappa shape index (κ2) is 12.4. The molecule has 2 amide bonds. The van der Waals surface area contributed by atoms with Crippen LogP contribution in [0.25, 0.3) is 0 Å². The molecule has 0 radical (unpaired) electrons. The second-order valence-corrected chi connectivity index (χ2v) is 10.8. The lowest BCUT2D eigenvalue weighted by molar-refractivity contribution is -0.123. The minimum atomic E-state index is -0.382. The molecule has 40 heavy (non-hydrogen) atoms. The molecule has 1 saturated heterocycles. The van der Waals surface area contributed by atoms with E-state index in [1.165, 1.54) is 7.11 Å². The number of hydrogen-bond donors (Lipinski definition) is 1. The quantitative estimate of drug-likeness (QED) is 0.329. The molecular weight excluding hydrogens is 504 g/mol. The fourth-order valence-corrected chi connectivity index (χ4v) is 5.93. The van der Waals surface area contributed by atoms with Crippen LogP contribution in [0, 0.1) is 5.92 Å². The lowest BCUT2D eigenvalue weighted by atomic mass is 9.83. The summed E-state index contributed by atoms with van der Waals surface area (Å²) < 4.78 is 10.5. The van der Waals surface area contributed by atoms with Crippen molar-refractivity contribution in [3.63, 3.8) is 0 Å². The highest BCUT2D eigenvalue weighted by Crippen LogP contribution is 2.38. The Bertz CT molecular complexity index is 1320. The van der Waals surface area contributed by atoms with Gasteiger partial charge in [-0.2, -0.15) is 0 Å². The predicted molar refractivity (Wildman–Crippen MR) is 151 cm³/mol. The standard InChI is InChI=1S/C33H36N2O5/c1-22-30(27-10-4-3-5-11-27)40-33(38)35(22)21-24-14-16-26(17-15-24)29(25-8-6-7-9-25)31(36)34-20-23-12-18-28(19-13-23)32(37)39-2/h3-5,10-19,22,25,29-30H,6-9,20-21H2,1-2H3,(H,34,36)/t22-,29?,30-/m0/s1. The first-order chi connectivity index (χ1) is 19.4. The van der Waals surface area contributed by atoms with Gasteiger partial charge in [-0.1, -0.05) is 79.6 Å². The van der Waals surface area contributed by atoms with Gasteiger partial charge in [0.1, 0.15) is 6.10 Å². The van der Waals surface area contributed by atoms with Gasteiger partial charge < -0.3 is 14.8 Å². The Morgan fingerprint density at radius 1 is 0.950 bits per heavy atom. The van der Waals surface area contributed by atoms with Crippen LogP contribution in [0.15, 0.2) is 78.9 Å². The number of nitrogens with one attached hydrogen (secondary N) is 1. The summed E-state index contributed by atoms with van der Waals surface area (Å²) in [7, 11) is 1.36. The number of nitrogens with zero attached hydrogens (tertiary/aromatic N) is 1. The van der Waals surface area contributed by atoms with Crippen molar-refractivity contribution in [3.8, 4) is 0 Å². The number of hydrogen-bond acceptors (Lipinski definition) is 5. The van der Waals surface area contributed by atoms with Gasteiger partial charge in [0.2, 0.25) is 5.91 Å². The third kappa shape index (κ3) is 6.03. The molecule has 3 aromatic carbocycles. The smallest absolute Gasteiger partial charge is 0.411 e. The summed E-state index contributed by atoms with van der Waals surface area (Å²) in [6.45, 7) is 2.85. The number of methoxy groups -OCH3 is 1. The summed E-state index contributed by atoms with van der Waals surface area (Å²) in [5, 5.41) is 3.12. The normalized spacial score (nSPS) is 19.8. The van der Waals surface area contributed by atoms with E-state index in [0.29, 0.717) is 24.6 Å². The van der Waals surface area contributed by atoms with Crippen molar-refractivity contribution >= 4 is 18.0 Å². The van der Waals surface area contributed by atoms with Gasteiger partial charge in [-0.25, -0.2) is 9.59 Å². The largest absolute Gasteiger partial charge is 0.465 e. The molecule has 3 atom stereocenters. The van der Waals surface area contributed by atoms with Crippen LogP contribution < -0.4 is 5.32 Å². The van der Waals surface area contributed by atoms with Crippen molar-refractivity contribution in [2.75, 3.05) is 7.11 Å². The van der Waals surface area contributed by atoms with E-state index in [0.717, 1.165) is 47.9 Å². The molecule has 1 unspecified atom stereocenters. The molecule has 1 aliphatic carbocycles. The van der Waals surface area contributed by atoms with Crippen LogP contribution in [0.3, 0.4) is 0 Å². The Morgan fingerprint density at radius 2 is 1.60 bits per heavy atom. The van der Waals surface area contributed by atoms with E-state index in [1.54, 1.807) is 17.0 Å². The molecule has 208 valence electrons. The third-order valence-corrected chi connectivity index (χ3v) is 8.21. The van der Waals surface area contributed by atoms with Crippen LogP contribution in [0.5, 0.6) is 0 Å². The molecule has 5 rings (SSSR count). The van der Waals surface area contributed by atoms with Crippen LogP contribution in [0.1, 0.15) is 77.2 Å². The number of rotatable bonds is 9. The molecule has 7 heteroatoms. The molecule has 3 aromatic rings. The van der Waals surface area contributed by atoms with Crippen molar-refractivity contribution in [1.29, 1.82) is 0 Å². The van der Waals surface area contributed by atoms with Crippen molar-refractivity contribution in [2.24, 2.45) is 5.92 Å². The summed E-state index contributed by atoms with van der Waals surface area (Å²) in [5.74, 6) is -0.302. The molecule has 0 aromatic heterocycles. The Balaban J connectivity index is 1.25. The van der Waals surface area contributed by atoms with Crippen LogP contribution in [-0.4, -0.2) is 36.0 Å². The lowest BCUT2D eigenvalue weighted by Gasteiger charge is -2.24. The van der Waals surface area contributed by atoms with Crippen molar-refractivity contribution in [1.82, 2.24) is 10.2 Å². The summed E-state index contributed by atoms with van der Waals surface area (Å²) in [6, 6.07) is 24.9. The molecule has 7 nitrogen and oxygen atoms in total. The zero-order valence-electron chi connectivity index (χ0n) is 23.0. The number of ether oxygens (including phenoxy) is 2. The van der Waals surface area contributed by atoms with Gasteiger partial charge in [-0.15, -0.1) is 0 Å². The maximum absolute atomic E-state index is 13.5. The number of carbonyl (C=O) groups is 3. The average molecular weight is 541 g/mol. The van der Waals surface area contributed by atoms with Gasteiger partial charge >= 0.3 is 12.1 Å². The molecule has 2 fully saturated rings. The highest BCUT2D eigenvalue weighted by atomic mass is 16.6. The van der Waals surface area contributed by atoms with E-state index in [2.05, 4.69) is 5.32 Å². The highest BCUT2D eigenvalue weighted by molar-refractivity contribution is 5.89. The number of cyclic esters (lactones) is 1. The summed E-state index contributed by atoms with van der Waals surface area (Å²) in [4.78, 5) is 39.6. The van der Waals surface area contributed by atoms with E-state index < -0.39 is 0 Å². The SMILES string of the molecule is COC(=O)c1ccc(CNC(=O)C(c2ccc(CN3C(=O)O[C@H](c4ccccc4)[C@@H]3C)cc2)C2CCCC2)cc1. The Kier molecular flexibility index (Phi) is 8.48. The van der Waals surface area contributed by atoms with E-state index in [4.69, 9.17) is 9.47 Å². The monoisotopic (exact) mass is 540 g/mol. The van der Waals surface area contributed by atoms with Gasteiger partial charge in [-0.3, -0.25) is 9.69 Å². The zero-order chi connectivity index (χ0) is 28.1. The molecular formula is C33H36N2O5. The lowest BCUT2D eigenvalue weighted by Crippen LogP contribution is -2.33. The summed E-state index contributed by atoms with van der Waals surface area (Å²) >= 11 is 0. The van der Waals surface area contributed by atoms with E-state index >= 15 is 0 Å². The van der Waals surface area contributed by atoms with Crippen LogP contribution in [0.4, 0.5) is 4.79 Å². The number of benzene rings is 3. The maximum atomic E-state index is 13.5. The number of carbonyl (C=O) groups excluding carboxylic acids is 3. The van der Waals surface area contributed by atoms with Gasteiger partial charge in [-0.05, 0) is 60.1 Å². The molecule has 1 N–H and O–H groups in total. The first-order valence-electron chi connectivity index (χ1n) is 14.0. The minimum Gasteiger partial charge on any atom is -0.465 e. The molecule has 0 spiro atoms. The number of amides is 2. The topological polar surface area (TPSA) is 84.9 Å².